The van der Waals surface area contributed by atoms with Gasteiger partial charge in [-0.2, -0.15) is 0 Å². The summed E-state index contributed by atoms with van der Waals surface area (Å²) in [6.07, 6.45) is 1.97. The molecule has 5 nitrogen and oxygen atoms in total. The van der Waals surface area contributed by atoms with E-state index in [1.165, 1.54) is 4.31 Å². The first-order valence-electron chi connectivity index (χ1n) is 8.45. The van der Waals surface area contributed by atoms with E-state index < -0.39 is 10.0 Å². The molecule has 0 bridgehead atoms. The van der Waals surface area contributed by atoms with Gasteiger partial charge in [-0.15, -0.1) is 0 Å². The summed E-state index contributed by atoms with van der Waals surface area (Å²) < 4.78 is 26.7. The van der Waals surface area contributed by atoms with Gasteiger partial charge in [0.15, 0.2) is 0 Å². The predicted molar refractivity (Wildman–Crippen MR) is 101 cm³/mol. The highest BCUT2D eigenvalue weighted by atomic mass is 35.5. The van der Waals surface area contributed by atoms with Crippen molar-refractivity contribution in [3.8, 4) is 0 Å². The molecule has 0 spiro atoms. The number of carbonyl (C=O) groups excluding carboxylic acids is 1. The first kappa shape index (κ1) is 20.5. The Labute approximate surface area is 159 Å². The summed E-state index contributed by atoms with van der Waals surface area (Å²) in [5, 5.41) is 3.71. The zero-order chi connectivity index (χ0) is 18.6. The Balaban J connectivity index is 1.94. The Bertz CT molecular complexity index is 717. The number of hydrogen-bond acceptors (Lipinski definition) is 3. The quantitative estimate of drug-likeness (QED) is 0.786. The normalized spacial score (nSPS) is 18.1. The van der Waals surface area contributed by atoms with Crippen LogP contribution in [0, 0.1) is 5.92 Å². The molecule has 1 aliphatic rings. The van der Waals surface area contributed by atoms with E-state index >= 15 is 0 Å². The molecule has 1 N–H and O–H groups in total. The Morgan fingerprint density at radius 2 is 1.92 bits per heavy atom. The molecule has 1 aromatic carbocycles. The molecule has 1 aromatic rings. The molecule has 2 rings (SSSR count). The minimum absolute atomic E-state index is 0.0240. The molecule has 0 radical (unpaired) electrons. The molecule has 1 heterocycles. The molecule has 140 valence electrons. The average molecular weight is 407 g/mol. The van der Waals surface area contributed by atoms with E-state index in [4.69, 9.17) is 23.2 Å². The number of hydrogen-bond donors (Lipinski definition) is 1. The van der Waals surface area contributed by atoms with Crippen molar-refractivity contribution in [2.75, 3.05) is 13.1 Å². The fraction of sp³-hybridized carbons (Fsp3) is 0.588. The highest BCUT2D eigenvalue weighted by Crippen LogP contribution is 2.26. The van der Waals surface area contributed by atoms with Crippen LogP contribution in [0.25, 0.3) is 0 Å². The van der Waals surface area contributed by atoms with Gasteiger partial charge < -0.3 is 5.32 Å². The van der Waals surface area contributed by atoms with Crippen LogP contribution in [-0.4, -0.2) is 37.8 Å². The average Bonchev–Trinajstić information content (AvgIpc) is 2.58. The molecule has 1 saturated heterocycles. The van der Waals surface area contributed by atoms with Crippen molar-refractivity contribution in [3.63, 3.8) is 0 Å². The zero-order valence-corrected chi connectivity index (χ0v) is 16.8. The Hall–Kier alpha value is -0.820. The van der Waals surface area contributed by atoms with Crippen LogP contribution in [0.3, 0.4) is 0 Å². The number of piperidine rings is 1. The van der Waals surface area contributed by atoms with E-state index in [9.17, 15) is 13.2 Å². The monoisotopic (exact) mass is 406 g/mol. The number of nitrogens with zero attached hydrogens (tertiary/aromatic N) is 1. The molecule has 1 unspecified atom stereocenters. The largest absolute Gasteiger partial charge is 0.353 e. The molecule has 1 aliphatic heterocycles. The van der Waals surface area contributed by atoms with Crippen LogP contribution in [0.2, 0.25) is 10.0 Å². The molecule has 0 aromatic heterocycles. The van der Waals surface area contributed by atoms with Gasteiger partial charge in [0.2, 0.25) is 15.9 Å². The first-order valence-corrected chi connectivity index (χ1v) is 10.8. The molecule has 0 saturated carbocycles. The van der Waals surface area contributed by atoms with Crippen molar-refractivity contribution in [2.24, 2.45) is 5.92 Å². The summed E-state index contributed by atoms with van der Waals surface area (Å²) in [6, 6.07) is 4.98. The maximum absolute atomic E-state index is 12.6. The minimum atomic E-state index is -3.44. The SMILES string of the molecule is CCC(C)NC(=O)C1CCN(S(=O)(=O)Cc2ccc(Cl)c(Cl)c2)CC1. The highest BCUT2D eigenvalue weighted by molar-refractivity contribution is 7.88. The van der Waals surface area contributed by atoms with Crippen molar-refractivity contribution in [1.29, 1.82) is 0 Å². The number of halogens is 2. The molecule has 8 heteroatoms. The van der Waals surface area contributed by atoms with Gasteiger partial charge in [0.05, 0.1) is 15.8 Å². The van der Waals surface area contributed by atoms with Gasteiger partial charge in [0, 0.05) is 25.0 Å². The lowest BCUT2D eigenvalue weighted by Crippen LogP contribution is -2.44. The number of nitrogens with one attached hydrogen (secondary N) is 1. The summed E-state index contributed by atoms with van der Waals surface area (Å²) in [5.41, 5.74) is 0.603. The van der Waals surface area contributed by atoms with Crippen LogP contribution < -0.4 is 5.32 Å². The minimum Gasteiger partial charge on any atom is -0.353 e. The molecule has 0 aliphatic carbocycles. The van der Waals surface area contributed by atoms with E-state index in [-0.39, 0.29) is 23.6 Å². The van der Waals surface area contributed by atoms with Gasteiger partial charge in [0.1, 0.15) is 0 Å². The van der Waals surface area contributed by atoms with Gasteiger partial charge in [0.25, 0.3) is 0 Å². The fourth-order valence-corrected chi connectivity index (χ4v) is 4.66. The number of amides is 1. The second-order valence-electron chi connectivity index (χ2n) is 6.50. The van der Waals surface area contributed by atoms with Crippen LogP contribution in [-0.2, 0) is 20.6 Å². The molecule has 1 amide bonds. The van der Waals surface area contributed by atoms with Crippen LogP contribution in [0.4, 0.5) is 0 Å². The molecule has 1 atom stereocenters. The summed E-state index contributed by atoms with van der Waals surface area (Å²) in [5.74, 6) is -0.213. The number of carbonyl (C=O) groups is 1. The summed E-state index contributed by atoms with van der Waals surface area (Å²) in [7, 11) is -3.44. The lowest BCUT2D eigenvalue weighted by molar-refractivity contribution is -0.126. The lowest BCUT2D eigenvalue weighted by Gasteiger charge is -2.31. The van der Waals surface area contributed by atoms with Crippen molar-refractivity contribution >= 4 is 39.1 Å². The van der Waals surface area contributed by atoms with Gasteiger partial charge in [-0.3, -0.25) is 4.79 Å². The fourth-order valence-electron chi connectivity index (χ4n) is 2.79. The standard InChI is InChI=1S/C17H24Cl2N2O3S/c1-3-12(2)20-17(22)14-6-8-21(9-7-14)25(23,24)11-13-4-5-15(18)16(19)10-13/h4-5,10,12,14H,3,6-9,11H2,1-2H3,(H,20,22). The van der Waals surface area contributed by atoms with Gasteiger partial charge in [-0.25, -0.2) is 12.7 Å². The van der Waals surface area contributed by atoms with Crippen LogP contribution in [0.1, 0.15) is 38.7 Å². The van der Waals surface area contributed by atoms with Gasteiger partial charge >= 0.3 is 0 Å². The first-order chi connectivity index (χ1) is 11.7. The number of sulfonamides is 1. The predicted octanol–water partition coefficient (Wildman–Crippen LogP) is 3.45. The second kappa shape index (κ2) is 8.71. The lowest BCUT2D eigenvalue weighted by atomic mass is 9.97. The van der Waals surface area contributed by atoms with Gasteiger partial charge in [-0.05, 0) is 43.9 Å². The van der Waals surface area contributed by atoms with E-state index in [1.807, 2.05) is 13.8 Å². The number of rotatable bonds is 6. The van der Waals surface area contributed by atoms with Crippen molar-refractivity contribution in [2.45, 2.75) is 44.9 Å². The Morgan fingerprint density at radius 3 is 2.48 bits per heavy atom. The van der Waals surface area contributed by atoms with E-state index in [0.29, 0.717) is 41.5 Å². The van der Waals surface area contributed by atoms with E-state index in [2.05, 4.69) is 5.32 Å². The molecular formula is C17H24Cl2N2O3S. The maximum Gasteiger partial charge on any atom is 0.223 e. The van der Waals surface area contributed by atoms with E-state index in [1.54, 1.807) is 18.2 Å². The molecule has 1 fully saturated rings. The topological polar surface area (TPSA) is 66.5 Å². The Kier molecular flexibility index (Phi) is 7.14. The molecule has 25 heavy (non-hydrogen) atoms. The Morgan fingerprint density at radius 1 is 1.28 bits per heavy atom. The van der Waals surface area contributed by atoms with Gasteiger partial charge in [-0.1, -0.05) is 36.2 Å². The number of benzene rings is 1. The third-order valence-corrected chi connectivity index (χ3v) is 7.14. The smallest absolute Gasteiger partial charge is 0.223 e. The molecular weight excluding hydrogens is 383 g/mol. The van der Waals surface area contributed by atoms with Crippen LogP contribution >= 0.6 is 23.2 Å². The summed E-state index contributed by atoms with van der Waals surface area (Å²) >= 11 is 11.8. The van der Waals surface area contributed by atoms with Crippen LogP contribution in [0.15, 0.2) is 18.2 Å². The van der Waals surface area contributed by atoms with Crippen LogP contribution in [0.5, 0.6) is 0 Å². The van der Waals surface area contributed by atoms with Crippen molar-refractivity contribution < 1.29 is 13.2 Å². The van der Waals surface area contributed by atoms with Crippen molar-refractivity contribution in [3.05, 3.63) is 33.8 Å². The summed E-state index contributed by atoms with van der Waals surface area (Å²) in [4.78, 5) is 12.2. The third kappa shape index (κ3) is 5.58. The summed E-state index contributed by atoms with van der Waals surface area (Å²) in [6.45, 7) is 4.71. The second-order valence-corrected chi connectivity index (χ2v) is 9.28. The maximum atomic E-state index is 12.6. The zero-order valence-electron chi connectivity index (χ0n) is 14.5. The van der Waals surface area contributed by atoms with E-state index in [0.717, 1.165) is 6.42 Å². The van der Waals surface area contributed by atoms with Crippen molar-refractivity contribution in [1.82, 2.24) is 9.62 Å². The highest BCUT2D eigenvalue weighted by Gasteiger charge is 2.31. The third-order valence-electron chi connectivity index (χ3n) is 4.55.